The number of ether oxygens (including phenoxy) is 3. The van der Waals surface area contributed by atoms with Crippen LogP contribution in [0.25, 0.3) is 0 Å². The van der Waals surface area contributed by atoms with Crippen LogP contribution in [0, 0.1) is 0 Å². The van der Waals surface area contributed by atoms with Gasteiger partial charge < -0.3 is 24.6 Å². The minimum Gasteiger partial charge on any atom is -0.493 e. The lowest BCUT2D eigenvalue weighted by Gasteiger charge is -2.35. The Kier molecular flexibility index (Phi) is 5.64. The van der Waals surface area contributed by atoms with Crippen molar-refractivity contribution in [3.63, 3.8) is 0 Å². The van der Waals surface area contributed by atoms with E-state index < -0.39 is 12.0 Å². The molecule has 0 amide bonds. The van der Waals surface area contributed by atoms with Crippen molar-refractivity contribution >= 4 is 17.7 Å². The van der Waals surface area contributed by atoms with Crippen molar-refractivity contribution in [1.29, 1.82) is 0 Å². The van der Waals surface area contributed by atoms with E-state index in [0.29, 0.717) is 46.5 Å². The van der Waals surface area contributed by atoms with Crippen molar-refractivity contribution < 1.29 is 28.9 Å². The second-order valence-corrected chi connectivity index (χ2v) is 8.33. The number of carboxylic acid groups (broad SMARTS) is 1. The molecule has 10 nitrogen and oxygen atoms in total. The number of carbonyl (C=O) groups excluding carboxylic acids is 1. The molecule has 3 aromatic rings. The molecule has 1 aliphatic carbocycles. The Labute approximate surface area is 201 Å². The predicted molar refractivity (Wildman–Crippen MR) is 125 cm³/mol. The van der Waals surface area contributed by atoms with Crippen LogP contribution in [0.4, 0.5) is 5.95 Å². The summed E-state index contributed by atoms with van der Waals surface area (Å²) in [5.41, 5.74) is 2.68. The zero-order valence-electron chi connectivity index (χ0n) is 19.4. The molecule has 2 aromatic carbocycles. The van der Waals surface area contributed by atoms with Gasteiger partial charge in [0.1, 0.15) is 12.4 Å². The van der Waals surface area contributed by atoms with Crippen molar-refractivity contribution in [3.8, 4) is 17.2 Å². The average Bonchev–Trinajstić information content (AvgIpc) is 3.34. The summed E-state index contributed by atoms with van der Waals surface area (Å²) in [6.45, 7) is 0. The van der Waals surface area contributed by atoms with Gasteiger partial charge in [0.2, 0.25) is 11.7 Å². The summed E-state index contributed by atoms with van der Waals surface area (Å²) < 4.78 is 18.0. The SMILES string of the molecule is COc1cc([C@H]2CC(=O)C3=C(C2)Nc2ncnn2[C@H]3c2ccccc2C(=O)O)cc(OC)c1OC. The van der Waals surface area contributed by atoms with Gasteiger partial charge in [0, 0.05) is 17.7 Å². The van der Waals surface area contributed by atoms with Crippen molar-refractivity contribution in [2.75, 3.05) is 26.6 Å². The largest absolute Gasteiger partial charge is 0.493 e. The van der Waals surface area contributed by atoms with Gasteiger partial charge in [-0.2, -0.15) is 10.1 Å². The quantitative estimate of drug-likeness (QED) is 0.550. The Morgan fingerprint density at radius 2 is 1.80 bits per heavy atom. The molecule has 0 spiro atoms. The van der Waals surface area contributed by atoms with Gasteiger partial charge in [0.15, 0.2) is 17.3 Å². The molecule has 0 radical (unpaired) electrons. The predicted octanol–water partition coefficient (Wildman–Crippen LogP) is 3.42. The molecule has 1 aliphatic heterocycles. The molecule has 0 saturated heterocycles. The van der Waals surface area contributed by atoms with Gasteiger partial charge in [0.25, 0.3) is 0 Å². The lowest BCUT2D eigenvalue weighted by atomic mass is 9.77. The third-order valence-corrected chi connectivity index (χ3v) is 6.51. The monoisotopic (exact) mass is 476 g/mol. The molecule has 5 rings (SSSR count). The van der Waals surface area contributed by atoms with Crippen LogP contribution >= 0.6 is 0 Å². The lowest BCUT2D eigenvalue weighted by molar-refractivity contribution is -0.116. The first-order valence-electron chi connectivity index (χ1n) is 11.0. The molecule has 35 heavy (non-hydrogen) atoms. The molecule has 2 heterocycles. The average molecular weight is 476 g/mol. The number of hydrogen-bond donors (Lipinski definition) is 2. The zero-order chi connectivity index (χ0) is 24.7. The summed E-state index contributed by atoms with van der Waals surface area (Å²) >= 11 is 0. The number of anilines is 1. The van der Waals surface area contributed by atoms with Crippen molar-refractivity contribution in [2.45, 2.75) is 24.8 Å². The third kappa shape index (κ3) is 3.67. The fourth-order valence-corrected chi connectivity index (χ4v) is 4.94. The molecule has 0 bridgehead atoms. The van der Waals surface area contributed by atoms with E-state index in [-0.39, 0.29) is 23.7 Å². The maximum absolute atomic E-state index is 13.6. The van der Waals surface area contributed by atoms with E-state index in [1.807, 2.05) is 12.1 Å². The summed E-state index contributed by atoms with van der Waals surface area (Å²) in [6, 6.07) is 9.68. The van der Waals surface area contributed by atoms with Crippen LogP contribution in [0.5, 0.6) is 17.2 Å². The molecule has 2 aliphatic rings. The smallest absolute Gasteiger partial charge is 0.336 e. The normalized spacial score (nSPS) is 18.9. The highest BCUT2D eigenvalue weighted by atomic mass is 16.5. The molecule has 2 atom stereocenters. The topological polar surface area (TPSA) is 125 Å². The maximum atomic E-state index is 13.6. The third-order valence-electron chi connectivity index (χ3n) is 6.51. The number of hydrogen-bond acceptors (Lipinski definition) is 8. The summed E-state index contributed by atoms with van der Waals surface area (Å²) in [5, 5.41) is 17.3. The highest BCUT2D eigenvalue weighted by Gasteiger charge is 2.40. The Hall–Kier alpha value is -4.34. The first kappa shape index (κ1) is 22.5. The highest BCUT2D eigenvalue weighted by Crippen LogP contribution is 2.47. The number of Topliss-reactive ketones (excluding diaryl/α,β-unsaturated/α-hetero) is 1. The van der Waals surface area contributed by atoms with Crippen LogP contribution in [0.3, 0.4) is 0 Å². The Morgan fingerprint density at radius 3 is 2.46 bits per heavy atom. The van der Waals surface area contributed by atoms with E-state index in [1.54, 1.807) is 44.2 Å². The van der Waals surface area contributed by atoms with Crippen molar-refractivity contribution in [1.82, 2.24) is 14.8 Å². The Bertz CT molecular complexity index is 1340. The van der Waals surface area contributed by atoms with Gasteiger partial charge in [-0.15, -0.1) is 0 Å². The van der Waals surface area contributed by atoms with E-state index in [4.69, 9.17) is 14.2 Å². The lowest BCUT2D eigenvalue weighted by Crippen LogP contribution is -2.34. The number of nitrogens with zero attached hydrogens (tertiary/aromatic N) is 3. The van der Waals surface area contributed by atoms with Gasteiger partial charge in [-0.1, -0.05) is 18.2 Å². The first-order chi connectivity index (χ1) is 17.0. The molecule has 180 valence electrons. The van der Waals surface area contributed by atoms with Gasteiger partial charge in [0.05, 0.1) is 26.9 Å². The first-order valence-corrected chi connectivity index (χ1v) is 11.0. The second kappa shape index (κ2) is 8.79. The van der Waals surface area contributed by atoms with Crippen LogP contribution in [-0.2, 0) is 4.79 Å². The number of aromatic carboxylic acids is 1. The minimum atomic E-state index is -1.07. The fourth-order valence-electron chi connectivity index (χ4n) is 4.94. The number of carbonyl (C=O) groups is 2. The van der Waals surface area contributed by atoms with Crippen LogP contribution in [0.15, 0.2) is 54.0 Å². The van der Waals surface area contributed by atoms with E-state index in [9.17, 15) is 14.7 Å². The zero-order valence-corrected chi connectivity index (χ0v) is 19.4. The Balaban J connectivity index is 1.61. The summed E-state index contributed by atoms with van der Waals surface area (Å²) in [4.78, 5) is 29.9. The molecule has 2 N–H and O–H groups in total. The standard InChI is InChI=1S/C25H24N4O6/c1-33-19-10-14(11-20(34-2)23(19)35-3)13-8-17-21(18(30)9-13)22(29-25(28-17)26-12-27-29)15-6-4-5-7-16(15)24(31)32/h4-7,10-13,22H,8-9H2,1-3H3,(H,31,32)(H,26,27,28)/t13-,22+/m1/s1. The Morgan fingerprint density at radius 1 is 1.09 bits per heavy atom. The number of aromatic nitrogens is 3. The number of carboxylic acids is 1. The molecular weight excluding hydrogens is 452 g/mol. The van der Waals surface area contributed by atoms with Crippen LogP contribution in [0.1, 0.15) is 46.3 Å². The van der Waals surface area contributed by atoms with Crippen LogP contribution in [0.2, 0.25) is 0 Å². The van der Waals surface area contributed by atoms with E-state index in [0.717, 1.165) is 5.56 Å². The summed E-state index contributed by atoms with van der Waals surface area (Å²) in [6.07, 6.45) is 2.13. The van der Waals surface area contributed by atoms with Gasteiger partial charge >= 0.3 is 5.97 Å². The molecule has 0 unspecified atom stereocenters. The summed E-state index contributed by atoms with van der Waals surface area (Å²) in [7, 11) is 4.64. The van der Waals surface area contributed by atoms with E-state index in [1.165, 1.54) is 12.4 Å². The molecular formula is C25H24N4O6. The van der Waals surface area contributed by atoms with Crippen LogP contribution < -0.4 is 19.5 Å². The van der Waals surface area contributed by atoms with Gasteiger partial charge in [-0.25, -0.2) is 9.48 Å². The van der Waals surface area contributed by atoms with Gasteiger partial charge in [-0.3, -0.25) is 4.79 Å². The molecule has 0 fully saturated rings. The number of nitrogens with one attached hydrogen (secondary N) is 1. The molecule has 10 heteroatoms. The van der Waals surface area contributed by atoms with Crippen LogP contribution in [-0.4, -0.2) is 53.0 Å². The fraction of sp³-hybridized carbons (Fsp3) is 0.280. The number of benzene rings is 2. The van der Waals surface area contributed by atoms with Crippen molar-refractivity contribution in [2.24, 2.45) is 0 Å². The number of allylic oxidation sites excluding steroid dienone is 2. The maximum Gasteiger partial charge on any atom is 0.336 e. The van der Waals surface area contributed by atoms with Gasteiger partial charge in [-0.05, 0) is 41.7 Å². The second-order valence-electron chi connectivity index (χ2n) is 8.33. The van der Waals surface area contributed by atoms with E-state index in [2.05, 4.69) is 15.4 Å². The number of ketones is 1. The number of fused-ring (bicyclic) bond motifs is 1. The number of methoxy groups -OCH3 is 3. The van der Waals surface area contributed by atoms with E-state index >= 15 is 0 Å². The summed E-state index contributed by atoms with van der Waals surface area (Å²) in [5.74, 6) is 0.636. The molecule has 1 aromatic heterocycles. The highest BCUT2D eigenvalue weighted by molar-refractivity contribution is 6.01. The van der Waals surface area contributed by atoms with Crippen molar-refractivity contribution in [3.05, 3.63) is 70.7 Å². The number of rotatable bonds is 6. The minimum absolute atomic E-state index is 0.0937. The molecule has 0 saturated carbocycles.